The minimum absolute atomic E-state index is 0.0461. The molecule has 1 aliphatic rings. The Balaban J connectivity index is 2.33. The normalized spacial score (nSPS) is 22.9. The zero-order chi connectivity index (χ0) is 14.5. The molecule has 6 heteroatoms. The number of hydrogen-bond acceptors (Lipinski definition) is 4. The predicted molar refractivity (Wildman–Crippen MR) is 70.9 cm³/mol. The van der Waals surface area contributed by atoms with Gasteiger partial charge in [0.1, 0.15) is 0 Å². The van der Waals surface area contributed by atoms with Gasteiger partial charge < -0.3 is 14.7 Å². The second-order valence-electron chi connectivity index (χ2n) is 4.76. The summed E-state index contributed by atoms with van der Waals surface area (Å²) in [5.41, 5.74) is 0.615. The standard InChI is InChI=1S/C14H18N2O4/c1-20-9-8-16-12(17)6-5-10(14(18)19)13(16)11-4-2-3-7-15-11/h2-4,7,10,13H,5-6,8-9H2,1H3,(H,18,19). The topological polar surface area (TPSA) is 79.7 Å². The van der Waals surface area contributed by atoms with Crippen LogP contribution in [0.5, 0.6) is 0 Å². The summed E-state index contributed by atoms with van der Waals surface area (Å²) < 4.78 is 5.01. The number of carboxylic acids is 1. The quantitative estimate of drug-likeness (QED) is 0.872. The second kappa shape index (κ2) is 6.47. The maximum absolute atomic E-state index is 12.1. The van der Waals surface area contributed by atoms with Crippen molar-refractivity contribution in [2.24, 2.45) is 5.92 Å². The molecule has 0 aliphatic carbocycles. The molecule has 2 atom stereocenters. The molecule has 2 rings (SSSR count). The van der Waals surface area contributed by atoms with Gasteiger partial charge in [-0.1, -0.05) is 6.07 Å². The third-order valence-corrected chi connectivity index (χ3v) is 3.55. The Hall–Kier alpha value is -1.95. The van der Waals surface area contributed by atoms with Gasteiger partial charge in [0, 0.05) is 26.3 Å². The van der Waals surface area contributed by atoms with Gasteiger partial charge in [0.2, 0.25) is 5.91 Å². The summed E-state index contributed by atoms with van der Waals surface area (Å²) in [6, 6.07) is 4.81. The number of aromatic nitrogens is 1. The molecule has 1 saturated heterocycles. The number of aliphatic carboxylic acids is 1. The molecule has 20 heavy (non-hydrogen) atoms. The van der Waals surface area contributed by atoms with Crippen molar-refractivity contribution >= 4 is 11.9 Å². The molecule has 2 unspecified atom stereocenters. The van der Waals surface area contributed by atoms with E-state index in [2.05, 4.69) is 4.98 Å². The maximum atomic E-state index is 12.1. The molecule has 0 spiro atoms. The lowest BCUT2D eigenvalue weighted by Crippen LogP contribution is -2.46. The van der Waals surface area contributed by atoms with Gasteiger partial charge in [0.25, 0.3) is 0 Å². The lowest BCUT2D eigenvalue weighted by Gasteiger charge is -2.39. The van der Waals surface area contributed by atoms with Crippen molar-refractivity contribution in [3.63, 3.8) is 0 Å². The number of amides is 1. The van der Waals surface area contributed by atoms with Crippen LogP contribution >= 0.6 is 0 Å². The summed E-state index contributed by atoms with van der Waals surface area (Å²) in [5, 5.41) is 9.40. The number of piperidine rings is 1. The van der Waals surface area contributed by atoms with E-state index in [0.717, 1.165) is 0 Å². The van der Waals surface area contributed by atoms with Crippen molar-refractivity contribution in [1.82, 2.24) is 9.88 Å². The SMILES string of the molecule is COCCN1C(=O)CCC(C(=O)O)C1c1ccccn1. The Morgan fingerprint density at radius 1 is 1.55 bits per heavy atom. The van der Waals surface area contributed by atoms with E-state index >= 15 is 0 Å². The van der Waals surface area contributed by atoms with Crippen LogP contribution in [0.3, 0.4) is 0 Å². The molecule has 0 bridgehead atoms. The van der Waals surface area contributed by atoms with Crippen molar-refractivity contribution in [1.29, 1.82) is 0 Å². The molecule has 1 N–H and O–H groups in total. The van der Waals surface area contributed by atoms with Crippen LogP contribution in [0.4, 0.5) is 0 Å². The van der Waals surface area contributed by atoms with Gasteiger partial charge in [-0.05, 0) is 18.6 Å². The lowest BCUT2D eigenvalue weighted by atomic mass is 9.86. The zero-order valence-corrected chi connectivity index (χ0v) is 11.4. The van der Waals surface area contributed by atoms with Gasteiger partial charge in [0.15, 0.2) is 0 Å². The van der Waals surface area contributed by atoms with Crippen molar-refractivity contribution in [3.05, 3.63) is 30.1 Å². The average Bonchev–Trinajstić information content (AvgIpc) is 2.46. The summed E-state index contributed by atoms with van der Waals surface area (Å²) >= 11 is 0. The molecular weight excluding hydrogens is 260 g/mol. The molecule has 0 aromatic carbocycles. The Kier molecular flexibility index (Phi) is 4.68. The van der Waals surface area contributed by atoms with Gasteiger partial charge in [0.05, 0.1) is 24.3 Å². The molecule has 0 saturated carbocycles. The molecule has 1 fully saturated rings. The van der Waals surface area contributed by atoms with Crippen LogP contribution in [0.15, 0.2) is 24.4 Å². The highest BCUT2D eigenvalue weighted by Gasteiger charge is 2.41. The van der Waals surface area contributed by atoms with Gasteiger partial charge >= 0.3 is 5.97 Å². The van der Waals surface area contributed by atoms with E-state index in [4.69, 9.17) is 4.74 Å². The Bertz CT molecular complexity index is 477. The number of carbonyl (C=O) groups is 2. The smallest absolute Gasteiger partial charge is 0.309 e. The average molecular weight is 278 g/mol. The first kappa shape index (κ1) is 14.5. The summed E-state index contributed by atoms with van der Waals surface area (Å²) in [5.74, 6) is -1.56. The van der Waals surface area contributed by atoms with E-state index in [1.807, 2.05) is 0 Å². The van der Waals surface area contributed by atoms with E-state index in [1.165, 1.54) is 0 Å². The van der Waals surface area contributed by atoms with Gasteiger partial charge in [-0.25, -0.2) is 0 Å². The van der Waals surface area contributed by atoms with E-state index in [1.54, 1.807) is 36.4 Å². The van der Waals surface area contributed by atoms with Crippen molar-refractivity contribution in [2.45, 2.75) is 18.9 Å². The highest BCUT2D eigenvalue weighted by atomic mass is 16.5. The van der Waals surface area contributed by atoms with Crippen LogP contribution in [0.2, 0.25) is 0 Å². The van der Waals surface area contributed by atoms with E-state index < -0.39 is 17.9 Å². The van der Waals surface area contributed by atoms with Crippen molar-refractivity contribution in [2.75, 3.05) is 20.3 Å². The highest BCUT2D eigenvalue weighted by Crippen LogP contribution is 2.35. The predicted octanol–water partition coefficient (Wildman–Crippen LogP) is 1.09. The molecule has 1 aliphatic heterocycles. The van der Waals surface area contributed by atoms with Crippen LogP contribution in [-0.2, 0) is 14.3 Å². The summed E-state index contributed by atoms with van der Waals surface area (Å²) in [6.07, 6.45) is 2.21. The minimum atomic E-state index is -0.893. The second-order valence-corrected chi connectivity index (χ2v) is 4.76. The number of carboxylic acid groups (broad SMARTS) is 1. The number of carbonyl (C=O) groups excluding carboxylic acids is 1. The molecule has 108 valence electrons. The van der Waals surface area contributed by atoms with E-state index in [0.29, 0.717) is 25.3 Å². The number of rotatable bonds is 5. The molecule has 1 aromatic rings. The summed E-state index contributed by atoms with van der Waals surface area (Å²) in [4.78, 5) is 29.4. The molecule has 1 aromatic heterocycles. The molecule has 6 nitrogen and oxygen atoms in total. The zero-order valence-electron chi connectivity index (χ0n) is 11.4. The summed E-state index contributed by atoms with van der Waals surface area (Å²) in [6.45, 7) is 0.752. The largest absolute Gasteiger partial charge is 0.481 e. The Labute approximate surface area is 117 Å². The van der Waals surface area contributed by atoms with Crippen LogP contribution in [0.1, 0.15) is 24.6 Å². The number of methoxy groups -OCH3 is 1. The first-order valence-corrected chi connectivity index (χ1v) is 6.57. The molecule has 2 heterocycles. The summed E-state index contributed by atoms with van der Waals surface area (Å²) in [7, 11) is 1.55. The molecule has 0 radical (unpaired) electrons. The van der Waals surface area contributed by atoms with Crippen LogP contribution in [-0.4, -0.2) is 47.1 Å². The van der Waals surface area contributed by atoms with Crippen LogP contribution < -0.4 is 0 Å². The fraction of sp³-hybridized carbons (Fsp3) is 0.500. The minimum Gasteiger partial charge on any atom is -0.481 e. The van der Waals surface area contributed by atoms with Crippen molar-refractivity contribution < 1.29 is 19.4 Å². The van der Waals surface area contributed by atoms with E-state index in [9.17, 15) is 14.7 Å². The number of hydrogen-bond donors (Lipinski definition) is 1. The fourth-order valence-electron chi connectivity index (χ4n) is 2.58. The Morgan fingerprint density at radius 3 is 2.95 bits per heavy atom. The van der Waals surface area contributed by atoms with Crippen molar-refractivity contribution in [3.8, 4) is 0 Å². The molecule has 1 amide bonds. The monoisotopic (exact) mass is 278 g/mol. The first-order valence-electron chi connectivity index (χ1n) is 6.57. The van der Waals surface area contributed by atoms with Gasteiger partial charge in [-0.15, -0.1) is 0 Å². The number of ether oxygens (including phenoxy) is 1. The fourth-order valence-corrected chi connectivity index (χ4v) is 2.58. The highest BCUT2D eigenvalue weighted by molar-refractivity contribution is 5.81. The third kappa shape index (κ3) is 2.96. The van der Waals surface area contributed by atoms with Gasteiger partial charge in [-0.3, -0.25) is 14.6 Å². The lowest BCUT2D eigenvalue weighted by molar-refractivity contribution is -0.152. The first-order chi connectivity index (χ1) is 9.65. The molecular formula is C14H18N2O4. The van der Waals surface area contributed by atoms with Gasteiger partial charge in [-0.2, -0.15) is 0 Å². The maximum Gasteiger partial charge on any atom is 0.309 e. The number of likely N-dealkylation sites (tertiary alicyclic amines) is 1. The Morgan fingerprint density at radius 2 is 2.35 bits per heavy atom. The number of nitrogens with zero attached hydrogens (tertiary/aromatic N) is 2. The van der Waals surface area contributed by atoms with Crippen LogP contribution in [0.25, 0.3) is 0 Å². The third-order valence-electron chi connectivity index (χ3n) is 3.55. The number of pyridine rings is 1. The van der Waals surface area contributed by atoms with Crippen LogP contribution in [0, 0.1) is 5.92 Å². The van der Waals surface area contributed by atoms with E-state index in [-0.39, 0.29) is 12.3 Å².